The lowest BCUT2D eigenvalue weighted by Gasteiger charge is -2.06. The van der Waals surface area contributed by atoms with E-state index in [-0.39, 0.29) is 5.82 Å². The lowest BCUT2D eigenvalue weighted by atomic mass is 10.1. The largest absolute Gasteiger partial charge is 0.491 e. The molecule has 0 atom stereocenters. The summed E-state index contributed by atoms with van der Waals surface area (Å²) in [6, 6.07) is 6.61. The highest BCUT2D eigenvalue weighted by Crippen LogP contribution is 2.16. The third-order valence-electron chi connectivity index (χ3n) is 3.59. The first kappa shape index (κ1) is 17.0. The number of unbranched alkanes of at least 4 members (excludes halogenated alkanes) is 9. The van der Waals surface area contributed by atoms with E-state index in [9.17, 15) is 4.39 Å². The van der Waals surface area contributed by atoms with Gasteiger partial charge in [-0.1, -0.05) is 76.8 Å². The van der Waals surface area contributed by atoms with Crippen molar-refractivity contribution in [3.8, 4) is 5.75 Å². The zero-order chi connectivity index (χ0) is 14.5. The number of para-hydroxylation sites is 1. The van der Waals surface area contributed by atoms with E-state index in [4.69, 9.17) is 4.74 Å². The number of hydrogen-bond donors (Lipinski definition) is 0. The van der Waals surface area contributed by atoms with Crippen molar-refractivity contribution in [1.82, 2.24) is 0 Å². The molecule has 0 spiro atoms. The van der Waals surface area contributed by atoms with Gasteiger partial charge in [0, 0.05) is 0 Å². The first-order valence-corrected chi connectivity index (χ1v) is 8.22. The van der Waals surface area contributed by atoms with Crippen LogP contribution in [0.1, 0.15) is 71.1 Å². The van der Waals surface area contributed by atoms with E-state index in [0.29, 0.717) is 12.4 Å². The Morgan fingerprint density at radius 1 is 0.800 bits per heavy atom. The summed E-state index contributed by atoms with van der Waals surface area (Å²) < 4.78 is 18.7. The summed E-state index contributed by atoms with van der Waals surface area (Å²) in [4.78, 5) is 0. The maximum atomic E-state index is 13.3. The van der Waals surface area contributed by atoms with Gasteiger partial charge >= 0.3 is 0 Å². The fourth-order valence-corrected chi connectivity index (χ4v) is 2.33. The van der Waals surface area contributed by atoms with Crippen LogP contribution in [0.3, 0.4) is 0 Å². The van der Waals surface area contributed by atoms with Crippen molar-refractivity contribution in [2.75, 3.05) is 6.61 Å². The molecule has 0 amide bonds. The minimum absolute atomic E-state index is 0.264. The van der Waals surface area contributed by atoms with E-state index in [0.717, 1.165) is 6.42 Å². The van der Waals surface area contributed by atoms with Crippen molar-refractivity contribution >= 4 is 0 Å². The van der Waals surface area contributed by atoms with Gasteiger partial charge in [-0.3, -0.25) is 0 Å². The summed E-state index contributed by atoms with van der Waals surface area (Å²) in [5.41, 5.74) is 0. The summed E-state index contributed by atoms with van der Waals surface area (Å²) in [5, 5.41) is 0. The summed E-state index contributed by atoms with van der Waals surface area (Å²) in [7, 11) is 0. The first-order chi connectivity index (χ1) is 9.84. The SMILES string of the molecule is CCCCCCCCCCCCOc1ccccc1F. The van der Waals surface area contributed by atoms with Gasteiger partial charge in [0.25, 0.3) is 0 Å². The van der Waals surface area contributed by atoms with Crippen molar-refractivity contribution in [2.24, 2.45) is 0 Å². The molecule has 0 heterocycles. The second kappa shape index (κ2) is 11.7. The van der Waals surface area contributed by atoms with Gasteiger partial charge in [0.2, 0.25) is 0 Å². The van der Waals surface area contributed by atoms with E-state index in [1.807, 2.05) is 0 Å². The van der Waals surface area contributed by atoms with Crippen LogP contribution < -0.4 is 4.74 Å². The molecule has 0 bridgehead atoms. The molecule has 1 aromatic carbocycles. The zero-order valence-electron chi connectivity index (χ0n) is 12.9. The number of halogens is 1. The Morgan fingerprint density at radius 3 is 1.95 bits per heavy atom. The number of hydrogen-bond acceptors (Lipinski definition) is 1. The van der Waals surface area contributed by atoms with Gasteiger partial charge in [0.05, 0.1) is 6.61 Å². The Morgan fingerprint density at radius 2 is 1.35 bits per heavy atom. The Bertz CT molecular complexity index is 338. The predicted octanol–water partition coefficient (Wildman–Crippen LogP) is 6.13. The minimum atomic E-state index is -0.264. The minimum Gasteiger partial charge on any atom is -0.491 e. The van der Waals surface area contributed by atoms with Crippen LogP contribution in [-0.2, 0) is 0 Å². The number of rotatable bonds is 12. The van der Waals surface area contributed by atoms with E-state index in [1.54, 1.807) is 18.2 Å². The molecular weight excluding hydrogens is 251 g/mol. The van der Waals surface area contributed by atoms with E-state index in [1.165, 1.54) is 63.9 Å². The Balaban J connectivity index is 1.87. The van der Waals surface area contributed by atoms with E-state index in [2.05, 4.69) is 6.92 Å². The predicted molar refractivity (Wildman–Crippen MR) is 83.7 cm³/mol. The van der Waals surface area contributed by atoms with Crippen LogP contribution in [0.15, 0.2) is 24.3 Å². The fraction of sp³-hybridized carbons (Fsp3) is 0.667. The highest BCUT2D eigenvalue weighted by molar-refractivity contribution is 5.23. The lowest BCUT2D eigenvalue weighted by Crippen LogP contribution is -1.98. The van der Waals surface area contributed by atoms with Gasteiger partial charge in [-0.25, -0.2) is 4.39 Å². The Hall–Kier alpha value is -1.05. The smallest absolute Gasteiger partial charge is 0.165 e. The first-order valence-electron chi connectivity index (χ1n) is 8.22. The van der Waals surface area contributed by atoms with Crippen LogP contribution in [0.4, 0.5) is 4.39 Å². The van der Waals surface area contributed by atoms with E-state index < -0.39 is 0 Å². The Kier molecular flexibility index (Phi) is 9.99. The van der Waals surface area contributed by atoms with Gasteiger partial charge in [-0.15, -0.1) is 0 Å². The molecule has 0 unspecified atom stereocenters. The maximum Gasteiger partial charge on any atom is 0.165 e. The molecule has 1 nitrogen and oxygen atoms in total. The average molecular weight is 280 g/mol. The monoisotopic (exact) mass is 280 g/mol. The molecule has 0 aromatic heterocycles. The third-order valence-corrected chi connectivity index (χ3v) is 3.59. The Labute approximate surface area is 123 Å². The van der Waals surface area contributed by atoms with Crippen molar-refractivity contribution in [3.05, 3.63) is 30.1 Å². The molecule has 0 saturated carbocycles. The molecule has 0 aliphatic rings. The van der Waals surface area contributed by atoms with Gasteiger partial charge < -0.3 is 4.74 Å². The van der Waals surface area contributed by atoms with Gasteiger partial charge in [0.15, 0.2) is 11.6 Å². The van der Waals surface area contributed by atoms with Crippen molar-refractivity contribution < 1.29 is 9.13 Å². The second-order valence-corrected chi connectivity index (χ2v) is 5.46. The molecule has 1 rings (SSSR count). The maximum absolute atomic E-state index is 13.3. The lowest BCUT2D eigenvalue weighted by molar-refractivity contribution is 0.290. The van der Waals surface area contributed by atoms with Crippen molar-refractivity contribution in [3.63, 3.8) is 0 Å². The average Bonchev–Trinajstić information content (AvgIpc) is 2.46. The second-order valence-electron chi connectivity index (χ2n) is 5.46. The van der Waals surface area contributed by atoms with Crippen LogP contribution in [0.25, 0.3) is 0 Å². The van der Waals surface area contributed by atoms with Gasteiger partial charge in [-0.2, -0.15) is 0 Å². The summed E-state index contributed by atoms with van der Waals surface area (Å²) in [5.74, 6) is 0.114. The molecule has 2 heteroatoms. The molecule has 0 aliphatic carbocycles. The van der Waals surface area contributed by atoms with Gasteiger partial charge in [0.1, 0.15) is 0 Å². The molecule has 114 valence electrons. The molecule has 1 aromatic rings. The van der Waals surface area contributed by atoms with Crippen LogP contribution in [0.2, 0.25) is 0 Å². The molecular formula is C18H29FO. The summed E-state index contributed by atoms with van der Waals surface area (Å²) in [6.07, 6.45) is 13.0. The summed E-state index contributed by atoms with van der Waals surface area (Å²) >= 11 is 0. The molecule has 20 heavy (non-hydrogen) atoms. The molecule has 0 fully saturated rings. The normalized spacial score (nSPS) is 10.7. The highest BCUT2D eigenvalue weighted by Gasteiger charge is 2.00. The standard InChI is InChI=1S/C18H29FO/c1-2-3-4-5-6-7-8-9-10-13-16-20-18-15-12-11-14-17(18)19/h11-12,14-15H,2-10,13,16H2,1H3. The topological polar surface area (TPSA) is 9.23 Å². The summed E-state index contributed by atoms with van der Waals surface area (Å²) in [6.45, 7) is 2.88. The third kappa shape index (κ3) is 8.19. The molecule has 0 aliphatic heterocycles. The van der Waals surface area contributed by atoms with Gasteiger partial charge in [-0.05, 0) is 18.6 Å². The van der Waals surface area contributed by atoms with Crippen LogP contribution in [0, 0.1) is 5.82 Å². The fourth-order valence-electron chi connectivity index (χ4n) is 2.33. The van der Waals surface area contributed by atoms with Crippen LogP contribution in [-0.4, -0.2) is 6.61 Å². The van der Waals surface area contributed by atoms with Crippen molar-refractivity contribution in [1.29, 1.82) is 0 Å². The number of ether oxygens (including phenoxy) is 1. The van der Waals surface area contributed by atoms with Crippen molar-refractivity contribution in [2.45, 2.75) is 71.1 Å². The molecule has 0 N–H and O–H groups in total. The quantitative estimate of drug-likeness (QED) is 0.419. The molecule has 0 saturated heterocycles. The van der Waals surface area contributed by atoms with Crippen LogP contribution in [0.5, 0.6) is 5.75 Å². The zero-order valence-corrected chi connectivity index (χ0v) is 12.9. The highest BCUT2D eigenvalue weighted by atomic mass is 19.1. The van der Waals surface area contributed by atoms with E-state index >= 15 is 0 Å². The van der Waals surface area contributed by atoms with Crippen LogP contribution >= 0.6 is 0 Å². The number of benzene rings is 1. The molecule has 0 radical (unpaired) electrons.